The Morgan fingerprint density at radius 3 is 1.85 bits per heavy atom. The Kier molecular flexibility index (Phi) is 4.82. The maximum atomic E-state index is 6.30. The minimum Gasteiger partial charge on any atom is -0.208 e. The van der Waals surface area contributed by atoms with Crippen molar-refractivity contribution in [2.45, 2.75) is 0 Å². The lowest BCUT2D eigenvalue weighted by Crippen LogP contribution is -1.97. The number of fused-ring (bicyclic) bond motifs is 2. The summed E-state index contributed by atoms with van der Waals surface area (Å²) in [4.78, 5) is 13.5. The van der Waals surface area contributed by atoms with Crippen LogP contribution in [0.15, 0.2) is 109 Å². The van der Waals surface area contributed by atoms with Gasteiger partial charge in [0.2, 0.25) is 5.28 Å². The molecule has 4 heteroatoms. The van der Waals surface area contributed by atoms with E-state index in [4.69, 9.17) is 16.6 Å². The lowest BCUT2D eigenvalue weighted by molar-refractivity contribution is 1.07. The SMILES string of the molecule is Clc1nc(-c2ccccc2)nc(-c2ccc3cccc(-c4cccc5ccccc45)c3c2)n1. The molecule has 1 aromatic heterocycles. The Bertz CT molecular complexity index is 1620. The van der Waals surface area contributed by atoms with Crippen LogP contribution in [0.25, 0.3) is 55.4 Å². The van der Waals surface area contributed by atoms with Crippen molar-refractivity contribution in [3.05, 3.63) is 114 Å². The number of hydrogen-bond acceptors (Lipinski definition) is 3. The van der Waals surface area contributed by atoms with Crippen molar-refractivity contribution in [1.82, 2.24) is 15.0 Å². The summed E-state index contributed by atoms with van der Waals surface area (Å²) in [5.74, 6) is 1.12. The van der Waals surface area contributed by atoms with Gasteiger partial charge in [-0.1, -0.05) is 103 Å². The van der Waals surface area contributed by atoms with Gasteiger partial charge in [0.15, 0.2) is 11.6 Å². The van der Waals surface area contributed by atoms with Crippen molar-refractivity contribution < 1.29 is 0 Å². The van der Waals surface area contributed by atoms with E-state index in [-0.39, 0.29) is 5.28 Å². The van der Waals surface area contributed by atoms with E-state index >= 15 is 0 Å². The van der Waals surface area contributed by atoms with E-state index < -0.39 is 0 Å². The highest BCUT2D eigenvalue weighted by Gasteiger charge is 2.12. The van der Waals surface area contributed by atoms with E-state index in [2.05, 4.69) is 82.8 Å². The predicted octanol–water partition coefficient (Wildman–Crippen LogP) is 7.83. The second-order valence-electron chi connectivity index (χ2n) is 7.89. The third kappa shape index (κ3) is 3.63. The summed E-state index contributed by atoms with van der Waals surface area (Å²) in [7, 11) is 0. The van der Waals surface area contributed by atoms with Gasteiger partial charge in [-0.05, 0) is 50.3 Å². The Hall–Kier alpha value is -4.08. The smallest absolute Gasteiger partial charge is 0.208 e. The van der Waals surface area contributed by atoms with Gasteiger partial charge in [-0.25, -0.2) is 4.98 Å². The van der Waals surface area contributed by atoms with E-state index in [1.807, 2.05) is 36.4 Å². The number of nitrogens with zero attached hydrogens (tertiary/aromatic N) is 3. The summed E-state index contributed by atoms with van der Waals surface area (Å²) in [6, 6.07) is 37.4. The van der Waals surface area contributed by atoms with Gasteiger partial charge in [-0.15, -0.1) is 0 Å². The minimum atomic E-state index is 0.182. The monoisotopic (exact) mass is 443 g/mol. The van der Waals surface area contributed by atoms with Crippen molar-refractivity contribution in [2.24, 2.45) is 0 Å². The average molecular weight is 444 g/mol. The first-order chi connectivity index (χ1) is 16.3. The summed E-state index contributed by atoms with van der Waals surface area (Å²) < 4.78 is 0. The maximum absolute atomic E-state index is 6.30. The van der Waals surface area contributed by atoms with Crippen LogP contribution < -0.4 is 0 Å². The fourth-order valence-electron chi connectivity index (χ4n) is 4.30. The van der Waals surface area contributed by atoms with Gasteiger partial charge in [-0.2, -0.15) is 9.97 Å². The van der Waals surface area contributed by atoms with Crippen LogP contribution in [-0.2, 0) is 0 Å². The van der Waals surface area contributed by atoms with Crippen LogP contribution in [0.4, 0.5) is 0 Å². The Morgan fingerprint density at radius 2 is 1.06 bits per heavy atom. The second kappa shape index (κ2) is 8.12. The highest BCUT2D eigenvalue weighted by molar-refractivity contribution is 6.28. The minimum absolute atomic E-state index is 0.182. The van der Waals surface area contributed by atoms with Crippen molar-refractivity contribution in [3.8, 4) is 33.9 Å². The van der Waals surface area contributed by atoms with Gasteiger partial charge >= 0.3 is 0 Å². The summed E-state index contributed by atoms with van der Waals surface area (Å²) in [5, 5.41) is 4.94. The predicted molar refractivity (Wildman–Crippen MR) is 136 cm³/mol. The fraction of sp³-hybridized carbons (Fsp3) is 0. The third-order valence-electron chi connectivity index (χ3n) is 5.86. The van der Waals surface area contributed by atoms with E-state index in [1.54, 1.807) is 0 Å². The van der Waals surface area contributed by atoms with Crippen LogP contribution in [0, 0.1) is 0 Å². The van der Waals surface area contributed by atoms with Gasteiger partial charge < -0.3 is 0 Å². The van der Waals surface area contributed by atoms with E-state index in [0.29, 0.717) is 11.6 Å². The van der Waals surface area contributed by atoms with Crippen molar-refractivity contribution in [2.75, 3.05) is 0 Å². The normalized spacial score (nSPS) is 11.2. The summed E-state index contributed by atoms with van der Waals surface area (Å²) in [5.41, 5.74) is 4.18. The zero-order valence-electron chi connectivity index (χ0n) is 17.6. The fourth-order valence-corrected chi connectivity index (χ4v) is 4.46. The van der Waals surface area contributed by atoms with Crippen LogP contribution in [0.2, 0.25) is 5.28 Å². The molecule has 1 heterocycles. The molecule has 0 radical (unpaired) electrons. The largest absolute Gasteiger partial charge is 0.226 e. The van der Waals surface area contributed by atoms with E-state index in [1.165, 1.54) is 21.9 Å². The molecule has 0 saturated heterocycles. The molecular formula is C29H18ClN3. The van der Waals surface area contributed by atoms with Crippen molar-refractivity contribution in [1.29, 1.82) is 0 Å². The first-order valence-electron chi connectivity index (χ1n) is 10.7. The highest BCUT2D eigenvalue weighted by atomic mass is 35.5. The zero-order valence-corrected chi connectivity index (χ0v) is 18.4. The maximum Gasteiger partial charge on any atom is 0.226 e. The molecule has 0 aliphatic carbocycles. The molecule has 33 heavy (non-hydrogen) atoms. The number of halogens is 1. The van der Waals surface area contributed by atoms with Crippen LogP contribution in [0.3, 0.4) is 0 Å². The van der Waals surface area contributed by atoms with Gasteiger partial charge in [0, 0.05) is 11.1 Å². The summed E-state index contributed by atoms with van der Waals surface area (Å²) in [6.07, 6.45) is 0. The molecule has 0 unspecified atom stereocenters. The van der Waals surface area contributed by atoms with Crippen LogP contribution in [0.5, 0.6) is 0 Å². The third-order valence-corrected chi connectivity index (χ3v) is 6.03. The molecule has 0 aliphatic rings. The van der Waals surface area contributed by atoms with Gasteiger partial charge in [0.1, 0.15) is 0 Å². The molecule has 0 atom stereocenters. The van der Waals surface area contributed by atoms with Gasteiger partial charge in [-0.3, -0.25) is 0 Å². The Balaban J connectivity index is 1.55. The van der Waals surface area contributed by atoms with Crippen molar-refractivity contribution in [3.63, 3.8) is 0 Å². The zero-order chi connectivity index (χ0) is 22.2. The molecular weight excluding hydrogens is 426 g/mol. The quantitative estimate of drug-likeness (QED) is 0.279. The molecule has 0 N–H and O–H groups in total. The standard InChI is InChI=1S/C29H18ClN3/c30-29-32-27(21-9-2-1-3-10-21)31-28(33-29)22-17-16-20-12-7-15-25(26(20)18-22)24-14-6-11-19-8-4-5-13-23(19)24/h1-18H. The Labute approximate surface area is 196 Å². The lowest BCUT2D eigenvalue weighted by Gasteiger charge is -2.12. The van der Waals surface area contributed by atoms with Crippen molar-refractivity contribution >= 4 is 33.1 Å². The molecule has 0 amide bonds. The molecule has 0 spiro atoms. The Morgan fingerprint density at radius 1 is 0.455 bits per heavy atom. The summed E-state index contributed by atoms with van der Waals surface area (Å²) >= 11 is 6.30. The highest BCUT2D eigenvalue weighted by Crippen LogP contribution is 2.35. The molecule has 6 rings (SSSR count). The average Bonchev–Trinajstić information content (AvgIpc) is 2.88. The molecule has 0 fully saturated rings. The first-order valence-corrected chi connectivity index (χ1v) is 11.1. The molecule has 0 bridgehead atoms. The number of rotatable bonds is 3. The van der Waals surface area contributed by atoms with Crippen LogP contribution in [-0.4, -0.2) is 15.0 Å². The molecule has 0 saturated carbocycles. The molecule has 156 valence electrons. The number of benzene rings is 5. The van der Waals surface area contributed by atoms with E-state index in [9.17, 15) is 0 Å². The molecule has 0 aliphatic heterocycles. The van der Waals surface area contributed by atoms with Gasteiger partial charge in [0.05, 0.1) is 0 Å². The topological polar surface area (TPSA) is 38.7 Å². The molecule has 6 aromatic rings. The molecule has 3 nitrogen and oxygen atoms in total. The number of hydrogen-bond donors (Lipinski definition) is 0. The molecule has 5 aromatic carbocycles. The number of aromatic nitrogens is 3. The van der Waals surface area contributed by atoms with E-state index in [0.717, 1.165) is 21.9 Å². The lowest BCUT2D eigenvalue weighted by atomic mass is 9.93. The van der Waals surface area contributed by atoms with Crippen LogP contribution >= 0.6 is 11.6 Å². The van der Waals surface area contributed by atoms with Gasteiger partial charge in [0.25, 0.3) is 0 Å². The first kappa shape index (κ1) is 19.6. The van der Waals surface area contributed by atoms with Crippen LogP contribution in [0.1, 0.15) is 0 Å². The second-order valence-corrected chi connectivity index (χ2v) is 8.22. The summed E-state index contributed by atoms with van der Waals surface area (Å²) in [6.45, 7) is 0.